The van der Waals surface area contributed by atoms with E-state index in [1.54, 1.807) is 6.92 Å². The van der Waals surface area contributed by atoms with Gasteiger partial charge in [-0.05, 0) is 19.8 Å². The third kappa shape index (κ3) is 2.98. The minimum absolute atomic E-state index is 0.230. The van der Waals surface area contributed by atoms with Gasteiger partial charge in [0.25, 0.3) is 0 Å². The molecule has 2 rings (SSSR count). The van der Waals surface area contributed by atoms with E-state index in [4.69, 9.17) is 5.11 Å². The Morgan fingerprint density at radius 1 is 1.14 bits per heavy atom. The smallest absolute Gasteiger partial charge is 0.326 e. The number of carbonyl (C=O) groups is 4. The van der Waals surface area contributed by atoms with E-state index in [0.717, 1.165) is 0 Å². The van der Waals surface area contributed by atoms with E-state index < -0.39 is 29.7 Å². The average Bonchev–Trinajstić information content (AvgIpc) is 2.94. The number of rotatable bonds is 4. The van der Waals surface area contributed by atoms with E-state index in [1.807, 2.05) is 0 Å². The maximum absolute atomic E-state index is 12.2. The Kier molecular flexibility index (Phi) is 4.44. The number of aliphatic carboxylic acids is 1. The normalized spacial score (nSPS) is 22.9. The molecule has 0 bridgehead atoms. The first-order chi connectivity index (χ1) is 9.95. The summed E-state index contributed by atoms with van der Waals surface area (Å²) >= 11 is 0. The predicted molar refractivity (Wildman–Crippen MR) is 71.2 cm³/mol. The monoisotopic (exact) mass is 297 g/mol. The van der Waals surface area contributed by atoms with Gasteiger partial charge in [-0.3, -0.25) is 14.4 Å². The maximum atomic E-state index is 12.2. The molecular weight excluding hydrogens is 278 g/mol. The molecule has 2 aliphatic rings. The summed E-state index contributed by atoms with van der Waals surface area (Å²) in [6.45, 7) is 3.10. The number of likely N-dealkylation sites (N-methyl/N-ethyl adjacent to an activating group) is 1. The van der Waals surface area contributed by atoms with E-state index in [0.29, 0.717) is 39.0 Å². The van der Waals surface area contributed by atoms with Crippen molar-refractivity contribution in [1.29, 1.82) is 0 Å². The van der Waals surface area contributed by atoms with Gasteiger partial charge in [0.1, 0.15) is 12.6 Å². The molecule has 1 atom stereocenters. The summed E-state index contributed by atoms with van der Waals surface area (Å²) in [6, 6.07) is -0.819. The lowest BCUT2D eigenvalue weighted by Gasteiger charge is -2.34. The molecule has 0 aromatic rings. The Bertz CT molecular complexity index is 478. The fraction of sp³-hybridized carbons (Fsp3) is 0.692. The third-order valence-corrected chi connectivity index (χ3v) is 3.96. The van der Waals surface area contributed by atoms with Crippen molar-refractivity contribution in [1.82, 2.24) is 14.7 Å². The van der Waals surface area contributed by atoms with Gasteiger partial charge in [0.15, 0.2) is 0 Å². The molecule has 8 nitrogen and oxygen atoms in total. The van der Waals surface area contributed by atoms with Crippen molar-refractivity contribution in [3.63, 3.8) is 0 Å². The highest BCUT2D eigenvalue weighted by Crippen LogP contribution is 2.18. The largest absolute Gasteiger partial charge is 0.480 e. The van der Waals surface area contributed by atoms with Crippen molar-refractivity contribution in [2.75, 3.05) is 32.7 Å². The van der Waals surface area contributed by atoms with Crippen molar-refractivity contribution < 1.29 is 24.3 Å². The number of likely N-dealkylation sites (tertiary alicyclic amines) is 1. The van der Waals surface area contributed by atoms with Crippen molar-refractivity contribution in [2.24, 2.45) is 0 Å². The Morgan fingerprint density at radius 3 is 2.38 bits per heavy atom. The van der Waals surface area contributed by atoms with Crippen LogP contribution in [-0.4, -0.2) is 82.3 Å². The minimum Gasteiger partial charge on any atom is -0.480 e. The lowest BCUT2D eigenvalue weighted by Crippen LogP contribution is -2.57. The molecule has 0 unspecified atom stereocenters. The number of carbonyl (C=O) groups excluding carboxylic acids is 3. The molecule has 1 N–H and O–H groups in total. The maximum Gasteiger partial charge on any atom is 0.326 e. The van der Waals surface area contributed by atoms with Crippen molar-refractivity contribution >= 4 is 23.7 Å². The zero-order valence-electron chi connectivity index (χ0n) is 11.9. The molecule has 0 aliphatic carbocycles. The molecule has 21 heavy (non-hydrogen) atoms. The van der Waals surface area contributed by atoms with Gasteiger partial charge in [-0.15, -0.1) is 0 Å². The topological polar surface area (TPSA) is 98.2 Å². The van der Waals surface area contributed by atoms with Crippen LogP contribution in [0.5, 0.6) is 0 Å². The third-order valence-electron chi connectivity index (χ3n) is 3.96. The number of hydrogen-bond acceptors (Lipinski definition) is 4. The fourth-order valence-corrected chi connectivity index (χ4v) is 2.74. The number of carboxylic acids is 1. The first kappa shape index (κ1) is 15.3. The summed E-state index contributed by atoms with van der Waals surface area (Å²) in [5.74, 6) is -2.74. The van der Waals surface area contributed by atoms with Crippen LogP contribution >= 0.6 is 0 Å². The number of piperazine rings is 1. The molecule has 0 radical (unpaired) electrons. The SMILES string of the molecule is CCN1CCN(CC(=O)N2CCC[C@@H]2C(=O)O)C(=O)C1=O. The summed E-state index contributed by atoms with van der Waals surface area (Å²) in [6.07, 6.45) is 1.07. The first-order valence-corrected chi connectivity index (χ1v) is 7.06. The fourth-order valence-electron chi connectivity index (χ4n) is 2.74. The number of hydrogen-bond donors (Lipinski definition) is 1. The molecular formula is C13H19N3O5. The molecule has 2 aliphatic heterocycles. The van der Waals surface area contributed by atoms with Crippen molar-refractivity contribution in [2.45, 2.75) is 25.8 Å². The zero-order chi connectivity index (χ0) is 15.6. The van der Waals surface area contributed by atoms with E-state index >= 15 is 0 Å². The molecule has 3 amide bonds. The summed E-state index contributed by atoms with van der Waals surface area (Å²) < 4.78 is 0. The Morgan fingerprint density at radius 2 is 1.76 bits per heavy atom. The van der Waals surface area contributed by atoms with E-state index in [2.05, 4.69) is 0 Å². The second-order valence-corrected chi connectivity index (χ2v) is 5.19. The van der Waals surface area contributed by atoms with Crippen LogP contribution < -0.4 is 0 Å². The first-order valence-electron chi connectivity index (χ1n) is 7.06. The van der Waals surface area contributed by atoms with Crippen LogP contribution in [0.15, 0.2) is 0 Å². The van der Waals surface area contributed by atoms with E-state index in [-0.39, 0.29) is 6.54 Å². The lowest BCUT2D eigenvalue weighted by molar-refractivity contribution is -0.158. The molecule has 0 spiro atoms. The average molecular weight is 297 g/mol. The molecule has 0 aromatic heterocycles. The molecule has 0 aromatic carbocycles. The Hall–Kier alpha value is -2.12. The number of carboxylic acid groups (broad SMARTS) is 1. The standard InChI is InChI=1S/C13H19N3O5/c1-2-14-6-7-15(12(19)11(14)18)8-10(17)16-5-3-4-9(16)13(20)21/h9H,2-8H2,1H3,(H,20,21)/t9-/m1/s1. The zero-order valence-corrected chi connectivity index (χ0v) is 11.9. The number of amides is 3. The quantitative estimate of drug-likeness (QED) is 0.654. The Balaban J connectivity index is 1.98. The van der Waals surface area contributed by atoms with Gasteiger partial charge in [-0.25, -0.2) is 4.79 Å². The van der Waals surface area contributed by atoms with Crippen molar-refractivity contribution in [3.05, 3.63) is 0 Å². The molecule has 0 saturated carbocycles. The lowest BCUT2D eigenvalue weighted by atomic mass is 10.2. The van der Waals surface area contributed by atoms with Gasteiger partial charge in [-0.2, -0.15) is 0 Å². The molecule has 2 fully saturated rings. The molecule has 8 heteroatoms. The molecule has 2 heterocycles. The van der Waals surface area contributed by atoms with Gasteiger partial charge in [-0.1, -0.05) is 0 Å². The molecule has 2 saturated heterocycles. The summed E-state index contributed by atoms with van der Waals surface area (Å²) in [4.78, 5) is 50.8. The van der Waals surface area contributed by atoms with Crippen LogP contribution in [0.4, 0.5) is 0 Å². The van der Waals surface area contributed by atoms with Gasteiger partial charge in [0.05, 0.1) is 0 Å². The summed E-state index contributed by atoms with van der Waals surface area (Å²) in [7, 11) is 0. The highest BCUT2D eigenvalue weighted by atomic mass is 16.4. The van der Waals surface area contributed by atoms with Crippen LogP contribution in [0.1, 0.15) is 19.8 Å². The van der Waals surface area contributed by atoms with Gasteiger partial charge in [0.2, 0.25) is 5.91 Å². The predicted octanol–water partition coefficient (Wildman–Crippen LogP) is -1.25. The van der Waals surface area contributed by atoms with Gasteiger partial charge >= 0.3 is 17.8 Å². The second kappa shape index (κ2) is 6.11. The van der Waals surface area contributed by atoms with E-state index in [1.165, 1.54) is 14.7 Å². The summed E-state index contributed by atoms with van der Waals surface area (Å²) in [5.41, 5.74) is 0. The minimum atomic E-state index is -1.03. The number of nitrogens with zero attached hydrogens (tertiary/aromatic N) is 3. The molecule has 116 valence electrons. The van der Waals surface area contributed by atoms with Crippen molar-refractivity contribution in [3.8, 4) is 0 Å². The van der Waals surface area contributed by atoms with Gasteiger partial charge in [0, 0.05) is 26.2 Å². The van der Waals surface area contributed by atoms with Crippen LogP contribution in [-0.2, 0) is 19.2 Å². The van der Waals surface area contributed by atoms with Gasteiger partial charge < -0.3 is 19.8 Å². The van der Waals surface area contributed by atoms with Crippen LogP contribution in [0.2, 0.25) is 0 Å². The second-order valence-electron chi connectivity index (χ2n) is 5.19. The van der Waals surface area contributed by atoms with Crippen LogP contribution in [0, 0.1) is 0 Å². The Labute approximate surface area is 122 Å². The highest BCUT2D eigenvalue weighted by molar-refractivity contribution is 6.35. The summed E-state index contributed by atoms with van der Waals surface area (Å²) in [5, 5.41) is 9.06. The van der Waals surface area contributed by atoms with Crippen LogP contribution in [0.3, 0.4) is 0 Å². The highest BCUT2D eigenvalue weighted by Gasteiger charge is 2.37. The van der Waals surface area contributed by atoms with E-state index in [9.17, 15) is 19.2 Å². The van der Waals surface area contributed by atoms with Crippen LogP contribution in [0.25, 0.3) is 0 Å².